The molecule has 0 spiro atoms. The van der Waals surface area contributed by atoms with Crippen LogP contribution in [0.1, 0.15) is 18.2 Å². The zero-order valence-corrected chi connectivity index (χ0v) is 9.30. The largest absolute Gasteiger partial charge is 0.331 e. The number of aryl methyl sites for hydroxylation is 1. The molecule has 0 N–H and O–H groups in total. The summed E-state index contributed by atoms with van der Waals surface area (Å²) in [6.45, 7) is 0. The highest BCUT2D eigenvalue weighted by Crippen LogP contribution is 2.26. The van der Waals surface area contributed by atoms with Crippen LogP contribution in [0.4, 0.5) is 0 Å². The fourth-order valence-electron chi connectivity index (χ4n) is 2.27. The number of nitrogens with zero attached hydrogens (tertiary/aromatic N) is 2. The van der Waals surface area contributed by atoms with Crippen molar-refractivity contribution in [2.45, 2.75) is 12.3 Å². The summed E-state index contributed by atoms with van der Waals surface area (Å²) in [7, 11) is 2.09. The minimum atomic E-state index is 0.419. The summed E-state index contributed by atoms with van der Waals surface area (Å²) in [5, 5.41) is 0. The van der Waals surface area contributed by atoms with Crippen molar-refractivity contribution in [1.29, 1.82) is 0 Å². The van der Waals surface area contributed by atoms with Gasteiger partial charge in [-0.2, -0.15) is 0 Å². The number of fused-ring (bicyclic) bond motifs is 1. The van der Waals surface area contributed by atoms with E-state index in [1.807, 2.05) is 6.07 Å². The van der Waals surface area contributed by atoms with E-state index in [2.05, 4.69) is 54.1 Å². The Hall–Kier alpha value is -1.83. The number of aromatic nitrogens is 2. The number of hydrogen-bond acceptors (Lipinski definition) is 1. The topological polar surface area (TPSA) is 17.8 Å². The van der Waals surface area contributed by atoms with Gasteiger partial charge < -0.3 is 4.57 Å². The van der Waals surface area contributed by atoms with Crippen molar-refractivity contribution in [3.8, 4) is 0 Å². The predicted octanol–water partition coefficient (Wildman–Crippen LogP) is 3.17. The van der Waals surface area contributed by atoms with Crippen molar-refractivity contribution in [2.75, 3.05) is 0 Å². The summed E-state index contributed by atoms with van der Waals surface area (Å²) < 4.78 is 2.20. The van der Waals surface area contributed by atoms with E-state index in [1.165, 1.54) is 5.52 Å². The lowest BCUT2D eigenvalue weighted by molar-refractivity contribution is 0.723. The fraction of sp³-hybridized carbons (Fsp3) is 0.214. The number of hydrogen-bond donors (Lipinski definition) is 0. The average molecular weight is 210 g/mol. The third kappa shape index (κ3) is 1.38. The Morgan fingerprint density at radius 1 is 1.25 bits per heavy atom. The van der Waals surface area contributed by atoms with Crippen LogP contribution in [0.5, 0.6) is 0 Å². The zero-order valence-electron chi connectivity index (χ0n) is 9.30. The van der Waals surface area contributed by atoms with Crippen LogP contribution in [-0.2, 0) is 7.05 Å². The highest BCUT2D eigenvalue weighted by atomic mass is 15.1. The molecule has 0 saturated heterocycles. The Balaban J connectivity index is 2.13. The molecule has 3 rings (SSSR count). The Labute approximate surface area is 94.9 Å². The highest BCUT2D eigenvalue weighted by molar-refractivity contribution is 5.76. The third-order valence-corrected chi connectivity index (χ3v) is 3.13. The van der Waals surface area contributed by atoms with Crippen molar-refractivity contribution in [3.05, 3.63) is 54.4 Å². The quantitative estimate of drug-likeness (QED) is 0.707. The van der Waals surface area contributed by atoms with Crippen molar-refractivity contribution < 1.29 is 0 Å². The molecule has 80 valence electrons. The van der Waals surface area contributed by atoms with Gasteiger partial charge in [-0.3, -0.25) is 0 Å². The van der Waals surface area contributed by atoms with E-state index < -0.39 is 0 Å². The molecule has 16 heavy (non-hydrogen) atoms. The second-order valence-electron chi connectivity index (χ2n) is 4.17. The lowest BCUT2D eigenvalue weighted by Crippen LogP contribution is -2.04. The van der Waals surface area contributed by atoms with Gasteiger partial charge in [-0.1, -0.05) is 36.4 Å². The normalized spacial score (nSPS) is 19.4. The SMILES string of the molecule is Cn1c(C2C=CC=CC2)nc2ccccc21. The molecular formula is C14H14N2. The molecule has 0 aliphatic heterocycles. The van der Waals surface area contributed by atoms with Crippen LogP contribution in [0.15, 0.2) is 48.6 Å². The number of rotatable bonds is 1. The standard InChI is InChI=1S/C14H14N2/c1-16-13-10-6-5-9-12(13)15-14(16)11-7-3-2-4-8-11/h2-7,9-11H,8H2,1H3. The van der Waals surface area contributed by atoms with Gasteiger partial charge in [-0.05, 0) is 18.6 Å². The monoisotopic (exact) mass is 210 g/mol. The van der Waals surface area contributed by atoms with Crippen molar-refractivity contribution in [2.24, 2.45) is 7.05 Å². The highest BCUT2D eigenvalue weighted by Gasteiger charge is 2.15. The summed E-state index contributed by atoms with van der Waals surface area (Å²) in [6.07, 6.45) is 9.67. The fourth-order valence-corrected chi connectivity index (χ4v) is 2.27. The second-order valence-corrected chi connectivity index (χ2v) is 4.17. The van der Waals surface area contributed by atoms with Gasteiger partial charge >= 0.3 is 0 Å². The van der Waals surface area contributed by atoms with Gasteiger partial charge in [-0.25, -0.2) is 4.98 Å². The first-order chi connectivity index (χ1) is 7.86. The minimum absolute atomic E-state index is 0.419. The van der Waals surface area contributed by atoms with Crippen LogP contribution in [0, 0.1) is 0 Å². The second kappa shape index (κ2) is 3.63. The molecule has 0 radical (unpaired) electrons. The number of allylic oxidation sites excluding steroid dienone is 4. The molecule has 2 heteroatoms. The first-order valence-corrected chi connectivity index (χ1v) is 5.61. The van der Waals surface area contributed by atoms with Gasteiger partial charge in [-0.15, -0.1) is 0 Å². The van der Waals surface area contributed by atoms with E-state index in [0.29, 0.717) is 5.92 Å². The molecule has 1 heterocycles. The summed E-state index contributed by atoms with van der Waals surface area (Å²) >= 11 is 0. The molecular weight excluding hydrogens is 196 g/mol. The van der Waals surface area contributed by atoms with Gasteiger partial charge in [0.1, 0.15) is 5.82 Å². The predicted molar refractivity (Wildman–Crippen MR) is 66.4 cm³/mol. The molecule has 2 nitrogen and oxygen atoms in total. The van der Waals surface area contributed by atoms with Gasteiger partial charge in [0, 0.05) is 13.0 Å². The van der Waals surface area contributed by atoms with Crippen LogP contribution in [0.2, 0.25) is 0 Å². The Bertz CT molecular complexity index is 575. The first-order valence-electron chi connectivity index (χ1n) is 5.61. The molecule has 0 saturated carbocycles. The van der Waals surface area contributed by atoms with Crippen LogP contribution in [-0.4, -0.2) is 9.55 Å². The summed E-state index contributed by atoms with van der Waals surface area (Å²) in [4.78, 5) is 4.71. The van der Waals surface area contributed by atoms with Crippen molar-refractivity contribution >= 4 is 11.0 Å². The molecule has 1 aromatic carbocycles. The molecule has 1 aliphatic carbocycles. The number of para-hydroxylation sites is 2. The number of imidazole rings is 1. The van der Waals surface area contributed by atoms with Crippen molar-refractivity contribution in [3.63, 3.8) is 0 Å². The van der Waals surface area contributed by atoms with E-state index >= 15 is 0 Å². The maximum absolute atomic E-state index is 4.71. The van der Waals surface area contributed by atoms with E-state index in [1.54, 1.807) is 0 Å². The maximum Gasteiger partial charge on any atom is 0.116 e. The Morgan fingerprint density at radius 3 is 2.88 bits per heavy atom. The van der Waals surface area contributed by atoms with Gasteiger partial charge in [0.25, 0.3) is 0 Å². The molecule has 1 unspecified atom stereocenters. The van der Waals surface area contributed by atoms with Crippen LogP contribution in [0.3, 0.4) is 0 Å². The third-order valence-electron chi connectivity index (χ3n) is 3.13. The molecule has 0 fully saturated rings. The molecule has 0 amide bonds. The van der Waals surface area contributed by atoms with E-state index in [-0.39, 0.29) is 0 Å². The van der Waals surface area contributed by atoms with Gasteiger partial charge in [0.2, 0.25) is 0 Å². The Morgan fingerprint density at radius 2 is 2.12 bits per heavy atom. The summed E-state index contributed by atoms with van der Waals surface area (Å²) in [5.74, 6) is 1.57. The summed E-state index contributed by atoms with van der Waals surface area (Å²) in [6, 6.07) is 8.29. The van der Waals surface area contributed by atoms with E-state index in [0.717, 1.165) is 17.8 Å². The molecule has 1 atom stereocenters. The molecule has 2 aromatic rings. The van der Waals surface area contributed by atoms with Crippen molar-refractivity contribution in [1.82, 2.24) is 9.55 Å². The van der Waals surface area contributed by atoms with Crippen LogP contribution < -0.4 is 0 Å². The Kier molecular flexibility index (Phi) is 2.13. The van der Waals surface area contributed by atoms with Crippen LogP contribution >= 0.6 is 0 Å². The number of benzene rings is 1. The zero-order chi connectivity index (χ0) is 11.0. The summed E-state index contributed by atoms with van der Waals surface area (Å²) in [5.41, 5.74) is 2.29. The van der Waals surface area contributed by atoms with E-state index in [4.69, 9.17) is 4.98 Å². The molecule has 1 aromatic heterocycles. The van der Waals surface area contributed by atoms with Crippen LogP contribution in [0.25, 0.3) is 11.0 Å². The van der Waals surface area contributed by atoms with Gasteiger partial charge in [0.05, 0.1) is 11.0 Å². The molecule has 1 aliphatic rings. The lowest BCUT2D eigenvalue weighted by Gasteiger charge is -2.12. The molecule has 0 bridgehead atoms. The van der Waals surface area contributed by atoms with E-state index in [9.17, 15) is 0 Å². The lowest BCUT2D eigenvalue weighted by atomic mass is 10.0. The minimum Gasteiger partial charge on any atom is -0.331 e. The smallest absolute Gasteiger partial charge is 0.116 e. The first kappa shape index (κ1) is 9.40. The maximum atomic E-state index is 4.71. The van der Waals surface area contributed by atoms with Gasteiger partial charge in [0.15, 0.2) is 0 Å². The average Bonchev–Trinajstić information content (AvgIpc) is 2.69.